The van der Waals surface area contributed by atoms with E-state index in [1.165, 1.54) is 0 Å². The Morgan fingerprint density at radius 1 is 1.40 bits per heavy atom. The zero-order chi connectivity index (χ0) is 11.2. The number of halogens is 1. The second-order valence-corrected chi connectivity index (χ2v) is 5.11. The molecule has 0 spiro atoms. The third-order valence-corrected chi connectivity index (χ3v) is 3.50. The molecule has 0 saturated heterocycles. The lowest BCUT2D eigenvalue weighted by atomic mass is 9.91. The monoisotopic (exact) mass is 271 g/mol. The Hall–Kier alpha value is -0.740. The molecule has 82 valence electrons. The molecule has 0 saturated carbocycles. The number of benzene rings is 1. The summed E-state index contributed by atoms with van der Waals surface area (Å²) in [5, 5.41) is 0. The molecule has 4 heteroatoms. The predicted octanol–water partition coefficient (Wildman–Crippen LogP) is 2.68. The predicted molar refractivity (Wildman–Crippen MR) is 62.2 cm³/mol. The van der Waals surface area contributed by atoms with E-state index in [2.05, 4.69) is 15.9 Å². The average molecular weight is 272 g/mol. The summed E-state index contributed by atoms with van der Waals surface area (Å²) < 4.78 is 11.7. The van der Waals surface area contributed by atoms with Crippen LogP contribution in [0.1, 0.15) is 25.0 Å². The zero-order valence-corrected chi connectivity index (χ0v) is 10.6. The normalized spacial score (nSPS) is 14.5. The molecule has 0 bridgehead atoms. The van der Waals surface area contributed by atoms with Crippen LogP contribution in [0.2, 0.25) is 0 Å². The van der Waals surface area contributed by atoms with E-state index in [-0.39, 0.29) is 12.3 Å². The summed E-state index contributed by atoms with van der Waals surface area (Å²) in [5.41, 5.74) is 7.89. The average Bonchev–Trinajstić information content (AvgIpc) is 2.57. The number of rotatable bonds is 1. The van der Waals surface area contributed by atoms with Crippen LogP contribution >= 0.6 is 15.9 Å². The van der Waals surface area contributed by atoms with Crippen molar-refractivity contribution in [1.29, 1.82) is 0 Å². The second-order valence-electron chi connectivity index (χ2n) is 4.32. The number of nitrogens with two attached hydrogens (primary N) is 1. The maximum atomic E-state index is 6.10. The smallest absolute Gasteiger partial charge is 0.231 e. The van der Waals surface area contributed by atoms with Crippen LogP contribution in [0.4, 0.5) is 0 Å². The van der Waals surface area contributed by atoms with Gasteiger partial charge in [0, 0.05) is 5.54 Å². The fourth-order valence-electron chi connectivity index (χ4n) is 1.76. The zero-order valence-electron chi connectivity index (χ0n) is 9.06. The van der Waals surface area contributed by atoms with Crippen molar-refractivity contribution in [2.24, 2.45) is 5.73 Å². The van der Waals surface area contributed by atoms with Crippen LogP contribution in [0.3, 0.4) is 0 Å². The summed E-state index contributed by atoms with van der Waals surface area (Å²) in [6, 6.07) is 1.96. The van der Waals surface area contributed by atoms with Crippen molar-refractivity contribution < 1.29 is 9.47 Å². The second kappa shape index (κ2) is 3.39. The molecule has 0 fully saturated rings. The molecule has 0 aliphatic carbocycles. The van der Waals surface area contributed by atoms with Crippen molar-refractivity contribution in [2.75, 3.05) is 6.79 Å². The molecule has 0 unspecified atom stereocenters. The molecule has 2 N–H and O–H groups in total. The van der Waals surface area contributed by atoms with E-state index in [9.17, 15) is 0 Å². The first-order valence-corrected chi connectivity index (χ1v) is 5.58. The van der Waals surface area contributed by atoms with Crippen LogP contribution in [0.25, 0.3) is 0 Å². The fourth-order valence-corrected chi connectivity index (χ4v) is 2.29. The third kappa shape index (κ3) is 1.72. The molecule has 1 aromatic rings. The van der Waals surface area contributed by atoms with Crippen molar-refractivity contribution in [3.05, 3.63) is 21.7 Å². The molecule has 2 rings (SSSR count). The van der Waals surface area contributed by atoms with Gasteiger partial charge < -0.3 is 15.2 Å². The number of hydrogen-bond acceptors (Lipinski definition) is 3. The van der Waals surface area contributed by atoms with Gasteiger partial charge in [-0.3, -0.25) is 0 Å². The summed E-state index contributed by atoms with van der Waals surface area (Å²) in [6.07, 6.45) is 0. The highest BCUT2D eigenvalue weighted by molar-refractivity contribution is 9.10. The molecule has 1 aliphatic heterocycles. The van der Waals surface area contributed by atoms with Gasteiger partial charge in [-0.15, -0.1) is 0 Å². The van der Waals surface area contributed by atoms with Crippen LogP contribution in [0.15, 0.2) is 10.5 Å². The summed E-state index contributed by atoms with van der Waals surface area (Å²) in [5.74, 6) is 1.54. The van der Waals surface area contributed by atoms with Crippen LogP contribution in [0.5, 0.6) is 11.5 Å². The Labute approximate surface area is 97.7 Å². The first kappa shape index (κ1) is 10.8. The van der Waals surface area contributed by atoms with Crippen LogP contribution in [-0.2, 0) is 5.54 Å². The highest BCUT2D eigenvalue weighted by Crippen LogP contribution is 2.44. The number of ether oxygens (including phenoxy) is 2. The van der Waals surface area contributed by atoms with Gasteiger partial charge in [0.25, 0.3) is 0 Å². The molecule has 0 amide bonds. The molecule has 0 atom stereocenters. The molecule has 0 radical (unpaired) electrons. The molecule has 1 aliphatic rings. The standard InChI is InChI=1S/C11H14BrNO2/c1-6-7(11(2,3)13)4-8-10(9(6)12)15-5-14-8/h4H,5,13H2,1-3H3. The van der Waals surface area contributed by atoms with Gasteiger partial charge in [0.15, 0.2) is 11.5 Å². The maximum Gasteiger partial charge on any atom is 0.231 e. The van der Waals surface area contributed by atoms with Crippen molar-refractivity contribution in [3.63, 3.8) is 0 Å². The van der Waals surface area contributed by atoms with Gasteiger partial charge in [0.2, 0.25) is 6.79 Å². The van der Waals surface area contributed by atoms with Crippen molar-refractivity contribution >= 4 is 15.9 Å². The van der Waals surface area contributed by atoms with Crippen molar-refractivity contribution in [3.8, 4) is 11.5 Å². The van der Waals surface area contributed by atoms with Crippen molar-refractivity contribution in [2.45, 2.75) is 26.3 Å². The molecule has 1 heterocycles. The SMILES string of the molecule is Cc1c(C(C)(C)N)cc2c(c1Br)OCO2. The lowest BCUT2D eigenvalue weighted by Gasteiger charge is -2.23. The largest absolute Gasteiger partial charge is 0.454 e. The van der Waals surface area contributed by atoms with E-state index in [0.717, 1.165) is 27.1 Å². The minimum absolute atomic E-state index is 0.280. The molecule has 3 nitrogen and oxygen atoms in total. The summed E-state index contributed by atoms with van der Waals surface area (Å²) in [7, 11) is 0. The van der Waals surface area contributed by atoms with Gasteiger partial charge in [-0.25, -0.2) is 0 Å². The van der Waals surface area contributed by atoms with Gasteiger partial charge in [0.1, 0.15) is 0 Å². The Morgan fingerprint density at radius 3 is 2.67 bits per heavy atom. The van der Waals surface area contributed by atoms with Gasteiger partial charge in [0.05, 0.1) is 4.47 Å². The van der Waals surface area contributed by atoms with E-state index in [1.807, 2.05) is 26.8 Å². The van der Waals surface area contributed by atoms with Gasteiger partial charge in [-0.05, 0) is 53.9 Å². The number of hydrogen-bond donors (Lipinski definition) is 1. The summed E-state index contributed by atoms with van der Waals surface area (Å²) in [4.78, 5) is 0. The van der Waals surface area contributed by atoms with Crippen LogP contribution in [-0.4, -0.2) is 6.79 Å². The first-order chi connectivity index (χ1) is 6.91. The highest BCUT2D eigenvalue weighted by Gasteiger charge is 2.26. The highest BCUT2D eigenvalue weighted by atomic mass is 79.9. The molecule has 1 aromatic carbocycles. The van der Waals surface area contributed by atoms with E-state index in [1.54, 1.807) is 0 Å². The van der Waals surface area contributed by atoms with Gasteiger partial charge in [-0.2, -0.15) is 0 Å². The van der Waals surface area contributed by atoms with E-state index in [4.69, 9.17) is 15.2 Å². The maximum absolute atomic E-state index is 6.10. The Bertz CT molecular complexity index is 410. The van der Waals surface area contributed by atoms with Gasteiger partial charge >= 0.3 is 0 Å². The minimum atomic E-state index is -0.381. The summed E-state index contributed by atoms with van der Waals surface area (Å²) >= 11 is 3.51. The Kier molecular flexibility index (Phi) is 2.43. The fraction of sp³-hybridized carbons (Fsp3) is 0.455. The quantitative estimate of drug-likeness (QED) is 0.854. The molecule has 0 aromatic heterocycles. The first-order valence-electron chi connectivity index (χ1n) is 4.79. The van der Waals surface area contributed by atoms with E-state index >= 15 is 0 Å². The minimum Gasteiger partial charge on any atom is -0.454 e. The van der Waals surface area contributed by atoms with Crippen LogP contribution in [0, 0.1) is 6.92 Å². The Balaban J connectivity index is 2.64. The summed E-state index contributed by atoms with van der Waals surface area (Å²) in [6.45, 7) is 6.26. The molecular formula is C11H14BrNO2. The van der Waals surface area contributed by atoms with E-state index < -0.39 is 0 Å². The van der Waals surface area contributed by atoms with Crippen LogP contribution < -0.4 is 15.2 Å². The lowest BCUT2D eigenvalue weighted by molar-refractivity contribution is 0.173. The molecular weight excluding hydrogens is 258 g/mol. The lowest BCUT2D eigenvalue weighted by Crippen LogP contribution is -2.29. The van der Waals surface area contributed by atoms with Gasteiger partial charge in [-0.1, -0.05) is 0 Å². The number of fused-ring (bicyclic) bond motifs is 1. The molecule has 15 heavy (non-hydrogen) atoms. The van der Waals surface area contributed by atoms with E-state index in [0.29, 0.717) is 0 Å². The topological polar surface area (TPSA) is 44.5 Å². The Morgan fingerprint density at radius 2 is 2.07 bits per heavy atom. The van der Waals surface area contributed by atoms with Crippen molar-refractivity contribution in [1.82, 2.24) is 0 Å². The third-order valence-electron chi connectivity index (χ3n) is 2.54.